The van der Waals surface area contributed by atoms with Gasteiger partial charge in [0.15, 0.2) is 0 Å². The number of rotatable bonds is 2. The van der Waals surface area contributed by atoms with E-state index in [1.165, 1.54) is 32.6 Å². The molecule has 0 spiro atoms. The largest absolute Gasteiger partial charge is 0.480 e. The molecule has 5 nitrogen and oxygen atoms in total. The maximum absolute atomic E-state index is 9.65. The minimum atomic E-state index is -1.18. The molecular weight excluding hydrogens is 304 g/mol. The first-order chi connectivity index (χ1) is 11.6. The highest BCUT2D eigenvalue weighted by Crippen LogP contribution is 2.30. The van der Waals surface area contributed by atoms with Gasteiger partial charge in [0.05, 0.1) is 12.1 Å². The molecule has 0 aliphatic carbocycles. The van der Waals surface area contributed by atoms with Crippen molar-refractivity contribution in [2.24, 2.45) is 5.73 Å². The van der Waals surface area contributed by atoms with Crippen LogP contribution in [0.15, 0.2) is 60.7 Å². The normalized spacial score (nSPS) is 12.1. The smallest absolute Gasteiger partial charge is 0.322 e. The number of aromatic amines is 1. The number of carbonyl (C=O) groups is 1. The number of aliphatic carboxylic acids is 1. The summed E-state index contributed by atoms with van der Waals surface area (Å²) in [5, 5.41) is 21.1. The van der Waals surface area contributed by atoms with Gasteiger partial charge < -0.3 is 20.9 Å². The molecule has 0 bridgehead atoms. The van der Waals surface area contributed by atoms with Crippen molar-refractivity contribution >= 4 is 38.5 Å². The fourth-order valence-electron chi connectivity index (χ4n) is 2.67. The summed E-state index contributed by atoms with van der Waals surface area (Å²) in [7, 11) is 0. The number of carboxylic acid groups (broad SMARTS) is 1. The van der Waals surface area contributed by atoms with Crippen molar-refractivity contribution in [3.8, 4) is 0 Å². The van der Waals surface area contributed by atoms with E-state index in [4.69, 9.17) is 15.9 Å². The maximum Gasteiger partial charge on any atom is 0.322 e. The summed E-state index contributed by atoms with van der Waals surface area (Å²) in [6.07, 6.45) is 0. The van der Waals surface area contributed by atoms with Crippen LogP contribution in [0.4, 0.5) is 0 Å². The number of H-pyrrole nitrogens is 1. The van der Waals surface area contributed by atoms with Gasteiger partial charge in [-0.15, -0.1) is 0 Å². The summed E-state index contributed by atoms with van der Waals surface area (Å²) in [4.78, 5) is 13.2. The summed E-state index contributed by atoms with van der Waals surface area (Å²) >= 11 is 0. The SMILES string of the molecule is NC(CO)C(=O)O.c1ccc2c(c1)ccc1c3ccccc3[nH]c21. The molecule has 3 aromatic carbocycles. The van der Waals surface area contributed by atoms with E-state index < -0.39 is 18.6 Å². The molecule has 1 aromatic heterocycles. The zero-order valence-electron chi connectivity index (χ0n) is 12.9. The number of hydrogen-bond donors (Lipinski definition) is 4. The fourth-order valence-corrected chi connectivity index (χ4v) is 2.67. The molecule has 5 heteroatoms. The number of fused-ring (bicyclic) bond motifs is 5. The molecule has 4 aromatic rings. The number of carboxylic acids is 1. The molecule has 1 unspecified atom stereocenters. The van der Waals surface area contributed by atoms with Crippen LogP contribution in [0.3, 0.4) is 0 Å². The van der Waals surface area contributed by atoms with Gasteiger partial charge in [0, 0.05) is 21.7 Å². The van der Waals surface area contributed by atoms with Gasteiger partial charge in [-0.3, -0.25) is 4.79 Å². The van der Waals surface area contributed by atoms with Gasteiger partial charge in [-0.2, -0.15) is 0 Å². The quantitative estimate of drug-likeness (QED) is 0.456. The summed E-state index contributed by atoms with van der Waals surface area (Å²) in [5.41, 5.74) is 7.21. The van der Waals surface area contributed by atoms with Crippen LogP contribution in [0.5, 0.6) is 0 Å². The number of para-hydroxylation sites is 1. The molecular formula is C19H18N2O3. The summed E-state index contributed by atoms with van der Waals surface area (Å²) < 4.78 is 0. The molecule has 0 radical (unpaired) electrons. The second-order valence-corrected chi connectivity index (χ2v) is 5.51. The van der Waals surface area contributed by atoms with Gasteiger partial charge in [-0.1, -0.05) is 54.6 Å². The molecule has 4 rings (SSSR count). The summed E-state index contributed by atoms with van der Waals surface area (Å²) in [5.74, 6) is -1.18. The monoisotopic (exact) mass is 322 g/mol. The Morgan fingerprint density at radius 2 is 1.62 bits per heavy atom. The molecule has 0 aliphatic heterocycles. The van der Waals surface area contributed by atoms with Crippen molar-refractivity contribution in [1.82, 2.24) is 4.98 Å². The lowest BCUT2D eigenvalue weighted by molar-refractivity contribution is -0.139. The Bertz CT molecular complexity index is 1010. The van der Waals surface area contributed by atoms with Crippen molar-refractivity contribution < 1.29 is 15.0 Å². The fraction of sp³-hybridized carbons (Fsp3) is 0.105. The lowest BCUT2D eigenvalue weighted by Gasteiger charge is -1.98. The summed E-state index contributed by atoms with van der Waals surface area (Å²) in [6.45, 7) is -0.505. The molecule has 0 saturated heterocycles. The van der Waals surface area contributed by atoms with Crippen molar-refractivity contribution in [3.63, 3.8) is 0 Å². The second kappa shape index (κ2) is 6.70. The van der Waals surface area contributed by atoms with E-state index in [2.05, 4.69) is 65.6 Å². The average Bonchev–Trinajstić information content (AvgIpc) is 3.00. The van der Waals surface area contributed by atoms with Gasteiger partial charge in [0.25, 0.3) is 0 Å². The molecule has 1 atom stereocenters. The Morgan fingerprint density at radius 1 is 0.958 bits per heavy atom. The minimum Gasteiger partial charge on any atom is -0.480 e. The van der Waals surface area contributed by atoms with E-state index >= 15 is 0 Å². The third-order valence-electron chi connectivity index (χ3n) is 3.92. The number of hydrogen-bond acceptors (Lipinski definition) is 3. The van der Waals surface area contributed by atoms with E-state index in [1.54, 1.807) is 0 Å². The van der Waals surface area contributed by atoms with Crippen molar-refractivity contribution in [2.45, 2.75) is 6.04 Å². The average molecular weight is 322 g/mol. The first-order valence-corrected chi connectivity index (χ1v) is 7.59. The number of nitrogens with two attached hydrogens (primary N) is 1. The minimum absolute atomic E-state index is 0.505. The highest BCUT2D eigenvalue weighted by molar-refractivity contribution is 6.16. The first-order valence-electron chi connectivity index (χ1n) is 7.59. The molecule has 0 amide bonds. The van der Waals surface area contributed by atoms with Crippen LogP contribution in [0.1, 0.15) is 0 Å². The van der Waals surface area contributed by atoms with Crippen LogP contribution < -0.4 is 5.73 Å². The van der Waals surface area contributed by atoms with Crippen LogP contribution in [0, 0.1) is 0 Å². The standard InChI is InChI=1S/C16H11N.C3H7NO3/c1-2-6-12-11(5-1)9-10-14-13-7-3-4-8-15(13)17-16(12)14;4-2(1-5)3(6)7/h1-10,17H;2,5H,1,4H2,(H,6,7). The predicted octanol–water partition coefficient (Wildman–Crippen LogP) is 2.86. The third kappa shape index (κ3) is 2.95. The van der Waals surface area contributed by atoms with Crippen LogP contribution in [-0.2, 0) is 4.79 Å². The highest BCUT2D eigenvalue weighted by Gasteiger charge is 2.07. The highest BCUT2D eigenvalue weighted by atomic mass is 16.4. The Hall–Kier alpha value is -2.89. The lowest BCUT2D eigenvalue weighted by Crippen LogP contribution is -2.33. The zero-order valence-corrected chi connectivity index (χ0v) is 12.9. The number of aliphatic hydroxyl groups is 1. The van der Waals surface area contributed by atoms with Gasteiger partial charge in [-0.25, -0.2) is 0 Å². The van der Waals surface area contributed by atoms with E-state index in [0.717, 1.165) is 0 Å². The number of aromatic nitrogens is 1. The maximum atomic E-state index is 9.65. The van der Waals surface area contributed by atoms with E-state index in [0.29, 0.717) is 0 Å². The van der Waals surface area contributed by atoms with Gasteiger partial charge in [-0.05, 0) is 11.5 Å². The van der Waals surface area contributed by atoms with Crippen LogP contribution in [0.25, 0.3) is 32.6 Å². The van der Waals surface area contributed by atoms with E-state index in [1.807, 2.05) is 0 Å². The van der Waals surface area contributed by atoms with Crippen LogP contribution in [-0.4, -0.2) is 33.8 Å². The van der Waals surface area contributed by atoms with Gasteiger partial charge in [0.2, 0.25) is 0 Å². The van der Waals surface area contributed by atoms with E-state index in [9.17, 15) is 4.79 Å². The molecule has 1 heterocycles. The first kappa shape index (κ1) is 16.0. The number of benzene rings is 3. The lowest BCUT2D eigenvalue weighted by atomic mass is 10.1. The second-order valence-electron chi connectivity index (χ2n) is 5.51. The topological polar surface area (TPSA) is 99.3 Å². The molecule has 122 valence electrons. The number of nitrogens with one attached hydrogen (secondary N) is 1. The molecule has 0 fully saturated rings. The molecule has 5 N–H and O–H groups in total. The number of aliphatic hydroxyl groups excluding tert-OH is 1. The van der Waals surface area contributed by atoms with Crippen molar-refractivity contribution in [3.05, 3.63) is 60.7 Å². The Morgan fingerprint density at radius 3 is 2.29 bits per heavy atom. The Kier molecular flexibility index (Phi) is 4.46. The zero-order chi connectivity index (χ0) is 17.1. The van der Waals surface area contributed by atoms with Crippen LogP contribution >= 0.6 is 0 Å². The van der Waals surface area contributed by atoms with Gasteiger partial charge >= 0.3 is 5.97 Å². The molecule has 0 aliphatic rings. The van der Waals surface area contributed by atoms with Crippen molar-refractivity contribution in [1.29, 1.82) is 0 Å². The van der Waals surface area contributed by atoms with Crippen LogP contribution in [0.2, 0.25) is 0 Å². The third-order valence-corrected chi connectivity index (χ3v) is 3.92. The molecule has 24 heavy (non-hydrogen) atoms. The summed E-state index contributed by atoms with van der Waals surface area (Å²) in [6, 6.07) is 20.2. The Labute approximate surface area is 138 Å². The van der Waals surface area contributed by atoms with Crippen molar-refractivity contribution in [2.75, 3.05) is 6.61 Å². The molecule has 0 saturated carbocycles. The Balaban J connectivity index is 0.000000209. The van der Waals surface area contributed by atoms with Gasteiger partial charge in [0.1, 0.15) is 6.04 Å². The predicted molar refractivity (Wildman–Crippen MR) is 96.0 cm³/mol. The van der Waals surface area contributed by atoms with E-state index in [-0.39, 0.29) is 0 Å².